The van der Waals surface area contributed by atoms with Crippen LogP contribution in [0.1, 0.15) is 31.1 Å². The molecule has 4 rings (SSSR count). The van der Waals surface area contributed by atoms with Crippen molar-refractivity contribution in [2.75, 3.05) is 12.0 Å². The van der Waals surface area contributed by atoms with Gasteiger partial charge in [-0.05, 0) is 36.4 Å². The molecule has 0 radical (unpaired) electrons. The van der Waals surface area contributed by atoms with Crippen molar-refractivity contribution in [3.63, 3.8) is 0 Å². The number of methoxy groups -OCH3 is 1. The zero-order valence-electron chi connectivity index (χ0n) is 18.5. The van der Waals surface area contributed by atoms with Crippen LogP contribution in [0.4, 0.5) is 5.69 Å². The Hall–Kier alpha value is -4.79. The van der Waals surface area contributed by atoms with Crippen LogP contribution in [0.25, 0.3) is 0 Å². The summed E-state index contributed by atoms with van der Waals surface area (Å²) in [5, 5.41) is 0. The third-order valence-electron chi connectivity index (χ3n) is 5.24. The third-order valence-corrected chi connectivity index (χ3v) is 5.24. The number of carbonyl (C=O) groups is 5. The van der Waals surface area contributed by atoms with Crippen LogP contribution in [0.3, 0.4) is 0 Å². The topological polar surface area (TPSA) is 116 Å². The van der Waals surface area contributed by atoms with Gasteiger partial charge in [0.2, 0.25) is 12.2 Å². The molecule has 9 heteroatoms. The molecule has 1 aliphatic rings. The molecule has 1 aliphatic heterocycles. The molecule has 1 saturated heterocycles. The lowest BCUT2D eigenvalue weighted by Crippen LogP contribution is -2.37. The lowest BCUT2D eigenvalue weighted by atomic mass is 10.1. The number of benzene rings is 3. The Morgan fingerprint density at radius 2 is 1.06 bits per heavy atom. The molecule has 1 heterocycles. The summed E-state index contributed by atoms with van der Waals surface area (Å²) in [6.07, 6.45) is -3.54. The largest absolute Gasteiger partial charge is 0.465 e. The molecule has 176 valence electrons. The zero-order valence-corrected chi connectivity index (χ0v) is 18.5. The molecule has 3 aromatic rings. The Bertz CT molecular complexity index is 1220. The summed E-state index contributed by atoms with van der Waals surface area (Å²) in [5.41, 5.74) is 0.108. The van der Waals surface area contributed by atoms with Gasteiger partial charge in [0.25, 0.3) is 11.8 Å². The maximum atomic E-state index is 13.4. The van der Waals surface area contributed by atoms with Crippen molar-refractivity contribution >= 4 is 35.4 Å². The number of anilines is 1. The van der Waals surface area contributed by atoms with Gasteiger partial charge in [-0.25, -0.2) is 19.3 Å². The molecule has 35 heavy (non-hydrogen) atoms. The smallest absolute Gasteiger partial charge is 0.339 e. The molecule has 0 N–H and O–H groups in total. The number of carbonyl (C=O) groups excluding carboxylic acids is 5. The van der Waals surface area contributed by atoms with E-state index in [9.17, 15) is 24.0 Å². The molecule has 0 aromatic heterocycles. The third kappa shape index (κ3) is 4.65. The van der Waals surface area contributed by atoms with E-state index in [-0.39, 0.29) is 22.4 Å². The van der Waals surface area contributed by atoms with E-state index in [4.69, 9.17) is 14.2 Å². The minimum Gasteiger partial charge on any atom is -0.465 e. The van der Waals surface area contributed by atoms with Crippen molar-refractivity contribution in [3.05, 3.63) is 102 Å². The molecule has 2 amide bonds. The van der Waals surface area contributed by atoms with Crippen molar-refractivity contribution in [2.45, 2.75) is 12.2 Å². The van der Waals surface area contributed by atoms with Crippen LogP contribution in [-0.4, -0.2) is 49.0 Å². The van der Waals surface area contributed by atoms with Crippen LogP contribution in [-0.2, 0) is 23.8 Å². The SMILES string of the molecule is COC(=O)c1ccccc1N1C(=O)[C@H](OC(=O)c2ccccc2)[C@@H](OC(=O)c2ccccc2)C1=O. The molecule has 0 aliphatic carbocycles. The molecule has 0 bridgehead atoms. The average Bonchev–Trinajstić information content (AvgIpc) is 3.12. The standard InChI is InChI=1S/C26H19NO8/c1-33-26(32)18-14-8-9-15-19(18)27-22(28)20(34-24(30)16-10-4-2-5-11-16)21(23(27)29)35-25(31)17-12-6-3-7-13-17/h2-15,20-21H,1H3/t20-,21-/m1/s1. The van der Waals surface area contributed by atoms with E-state index >= 15 is 0 Å². The van der Waals surface area contributed by atoms with Gasteiger partial charge in [0.1, 0.15) is 0 Å². The molecule has 9 nitrogen and oxygen atoms in total. The lowest BCUT2D eigenvalue weighted by molar-refractivity contribution is -0.130. The van der Waals surface area contributed by atoms with Crippen LogP contribution >= 0.6 is 0 Å². The summed E-state index contributed by atoms with van der Waals surface area (Å²) in [4.78, 5) is 65.0. The predicted molar refractivity (Wildman–Crippen MR) is 122 cm³/mol. The lowest BCUT2D eigenvalue weighted by Gasteiger charge is -2.17. The van der Waals surface area contributed by atoms with Crippen molar-refractivity contribution in [2.24, 2.45) is 0 Å². The van der Waals surface area contributed by atoms with E-state index in [0.29, 0.717) is 4.90 Å². The van der Waals surface area contributed by atoms with E-state index in [1.165, 1.54) is 48.5 Å². The number of imide groups is 1. The van der Waals surface area contributed by atoms with E-state index in [2.05, 4.69) is 0 Å². The fraction of sp³-hybridized carbons (Fsp3) is 0.115. The Morgan fingerprint density at radius 1 is 0.629 bits per heavy atom. The van der Waals surface area contributed by atoms with Gasteiger partial charge in [0, 0.05) is 0 Å². The summed E-state index contributed by atoms with van der Waals surface area (Å²) >= 11 is 0. The van der Waals surface area contributed by atoms with Crippen molar-refractivity contribution in [3.8, 4) is 0 Å². The molecule has 0 spiro atoms. The quantitative estimate of drug-likeness (QED) is 0.305. The van der Waals surface area contributed by atoms with Crippen molar-refractivity contribution in [1.29, 1.82) is 0 Å². The first-order valence-electron chi connectivity index (χ1n) is 10.5. The summed E-state index contributed by atoms with van der Waals surface area (Å²) in [6.45, 7) is 0. The number of hydrogen-bond acceptors (Lipinski definition) is 8. The maximum Gasteiger partial charge on any atom is 0.339 e. The van der Waals surface area contributed by atoms with Crippen LogP contribution in [0, 0.1) is 0 Å². The van der Waals surface area contributed by atoms with Gasteiger partial charge in [-0.15, -0.1) is 0 Å². The number of nitrogens with zero attached hydrogens (tertiary/aromatic N) is 1. The Balaban J connectivity index is 1.71. The number of esters is 3. The van der Waals surface area contributed by atoms with Gasteiger partial charge >= 0.3 is 17.9 Å². The molecule has 3 aromatic carbocycles. The van der Waals surface area contributed by atoms with Crippen molar-refractivity contribution < 1.29 is 38.2 Å². The fourth-order valence-electron chi connectivity index (χ4n) is 3.55. The highest BCUT2D eigenvalue weighted by Crippen LogP contribution is 2.31. The summed E-state index contributed by atoms with van der Waals surface area (Å²) in [6, 6.07) is 21.4. The van der Waals surface area contributed by atoms with Gasteiger partial charge in [-0.2, -0.15) is 0 Å². The first-order valence-corrected chi connectivity index (χ1v) is 10.5. The number of hydrogen-bond donors (Lipinski definition) is 0. The second-order valence-corrected chi connectivity index (χ2v) is 7.40. The average molecular weight is 473 g/mol. The van der Waals surface area contributed by atoms with Gasteiger partial charge < -0.3 is 14.2 Å². The van der Waals surface area contributed by atoms with Gasteiger partial charge in [0.05, 0.1) is 29.5 Å². The van der Waals surface area contributed by atoms with E-state index < -0.39 is 41.9 Å². The minimum absolute atomic E-state index is 0.0696. The second-order valence-electron chi connectivity index (χ2n) is 7.40. The number of amides is 2. The number of rotatable bonds is 6. The highest BCUT2D eigenvalue weighted by molar-refractivity contribution is 6.26. The van der Waals surface area contributed by atoms with Gasteiger partial charge in [-0.3, -0.25) is 9.59 Å². The fourth-order valence-corrected chi connectivity index (χ4v) is 3.55. The monoisotopic (exact) mass is 473 g/mol. The maximum absolute atomic E-state index is 13.4. The Labute approximate surface area is 199 Å². The van der Waals surface area contributed by atoms with Crippen LogP contribution in [0.5, 0.6) is 0 Å². The highest BCUT2D eigenvalue weighted by atomic mass is 16.6. The molecule has 0 saturated carbocycles. The predicted octanol–water partition coefficient (Wildman–Crippen LogP) is 2.80. The Morgan fingerprint density at radius 3 is 1.51 bits per heavy atom. The molecule has 2 atom stereocenters. The minimum atomic E-state index is -1.77. The van der Waals surface area contributed by atoms with E-state index in [1.807, 2.05) is 0 Å². The van der Waals surface area contributed by atoms with Crippen LogP contribution in [0.15, 0.2) is 84.9 Å². The normalized spacial score (nSPS) is 17.1. The summed E-state index contributed by atoms with van der Waals surface area (Å²) in [7, 11) is 1.15. The highest BCUT2D eigenvalue weighted by Gasteiger charge is 2.54. The molecule has 1 fully saturated rings. The van der Waals surface area contributed by atoms with Gasteiger partial charge in [0.15, 0.2) is 0 Å². The first kappa shape index (κ1) is 23.4. The van der Waals surface area contributed by atoms with E-state index in [1.54, 1.807) is 36.4 Å². The molecular formula is C26H19NO8. The molecule has 0 unspecified atom stereocenters. The second kappa shape index (κ2) is 10.0. The van der Waals surface area contributed by atoms with Gasteiger partial charge in [-0.1, -0.05) is 48.5 Å². The Kier molecular flexibility index (Phi) is 6.68. The first-order chi connectivity index (χ1) is 16.9. The van der Waals surface area contributed by atoms with Crippen LogP contribution < -0.4 is 4.90 Å². The summed E-state index contributed by atoms with van der Waals surface area (Å²) < 4.78 is 15.5. The number of ether oxygens (including phenoxy) is 3. The zero-order chi connectivity index (χ0) is 24.9. The van der Waals surface area contributed by atoms with Crippen LogP contribution in [0.2, 0.25) is 0 Å². The number of para-hydroxylation sites is 1. The van der Waals surface area contributed by atoms with Crippen molar-refractivity contribution in [1.82, 2.24) is 0 Å². The molecular weight excluding hydrogens is 454 g/mol. The summed E-state index contributed by atoms with van der Waals surface area (Å²) in [5.74, 6) is -4.51. The van der Waals surface area contributed by atoms with E-state index in [0.717, 1.165) is 7.11 Å².